The van der Waals surface area contributed by atoms with Gasteiger partial charge in [-0.25, -0.2) is 0 Å². The van der Waals surface area contributed by atoms with Crippen molar-refractivity contribution in [3.8, 4) is 0 Å². The van der Waals surface area contributed by atoms with Gasteiger partial charge in [0, 0.05) is 12.8 Å². The van der Waals surface area contributed by atoms with Gasteiger partial charge in [-0.1, -0.05) is 0 Å². The van der Waals surface area contributed by atoms with Crippen LogP contribution in [0.2, 0.25) is 0 Å². The second-order valence-electron chi connectivity index (χ2n) is 4.95. The molecule has 1 nitrogen and oxygen atoms in total. The second-order valence-corrected chi connectivity index (χ2v) is 4.95. The van der Waals surface area contributed by atoms with Gasteiger partial charge in [0.05, 0.1) is 0 Å². The molecular weight excluding hydrogens is 148 g/mol. The summed E-state index contributed by atoms with van der Waals surface area (Å²) in [6.45, 7) is 0. The Morgan fingerprint density at radius 3 is 1.67 bits per heavy atom. The number of fused-ring (bicyclic) bond motifs is 2. The largest absolute Gasteiger partial charge is 0.300 e. The Bertz CT molecular complexity index is 191. The van der Waals surface area contributed by atoms with E-state index in [0.717, 1.165) is 36.5 Å². The second kappa shape index (κ2) is 2.34. The fraction of sp³-hybridized carbons (Fsp3) is 0.909. The lowest BCUT2D eigenvalue weighted by atomic mass is 9.60. The van der Waals surface area contributed by atoms with Crippen LogP contribution in [-0.2, 0) is 4.79 Å². The van der Waals surface area contributed by atoms with Crippen molar-refractivity contribution in [2.24, 2.45) is 23.7 Å². The Kier molecular flexibility index (Phi) is 1.38. The lowest BCUT2D eigenvalue weighted by Gasteiger charge is -2.45. The molecule has 0 aromatic rings. The molecule has 4 fully saturated rings. The highest BCUT2D eigenvalue weighted by Gasteiger charge is 2.47. The van der Waals surface area contributed by atoms with Crippen LogP contribution in [0, 0.1) is 23.7 Å². The van der Waals surface area contributed by atoms with Gasteiger partial charge in [-0.2, -0.15) is 0 Å². The molecule has 0 aromatic carbocycles. The maximum absolute atomic E-state index is 11.3. The molecule has 0 radical (unpaired) electrons. The number of ketones is 1. The first kappa shape index (κ1) is 7.11. The van der Waals surface area contributed by atoms with Crippen molar-refractivity contribution in [2.75, 3.05) is 0 Å². The summed E-state index contributed by atoms with van der Waals surface area (Å²) in [4.78, 5) is 11.3. The first-order chi connectivity index (χ1) is 5.84. The van der Waals surface area contributed by atoms with Crippen LogP contribution < -0.4 is 0 Å². The summed E-state index contributed by atoms with van der Waals surface area (Å²) in [6, 6.07) is 0. The summed E-state index contributed by atoms with van der Waals surface area (Å²) in [5.41, 5.74) is 0. The van der Waals surface area contributed by atoms with Crippen LogP contribution in [0.5, 0.6) is 0 Å². The molecule has 0 heterocycles. The number of carbonyl (C=O) groups is 1. The maximum Gasteiger partial charge on any atom is 0.133 e. The van der Waals surface area contributed by atoms with Crippen LogP contribution in [-0.4, -0.2) is 5.78 Å². The van der Waals surface area contributed by atoms with Gasteiger partial charge < -0.3 is 0 Å². The molecular formula is C11H16O. The zero-order chi connectivity index (χ0) is 8.13. The fourth-order valence-electron chi connectivity index (χ4n) is 3.95. The molecule has 4 rings (SSSR count). The third-order valence-electron chi connectivity index (χ3n) is 4.50. The summed E-state index contributed by atoms with van der Waals surface area (Å²) >= 11 is 0. The number of carbonyl (C=O) groups excluding carboxylic acids is 1. The third-order valence-corrected chi connectivity index (χ3v) is 4.50. The van der Waals surface area contributed by atoms with Gasteiger partial charge in [-0.05, 0) is 49.4 Å². The zero-order valence-electron chi connectivity index (χ0n) is 7.46. The minimum absolute atomic E-state index is 0.559. The molecule has 66 valence electrons. The molecule has 0 aliphatic heterocycles. The highest BCUT2D eigenvalue weighted by molar-refractivity contribution is 5.81. The van der Waals surface area contributed by atoms with E-state index < -0.39 is 0 Å². The maximum atomic E-state index is 11.3. The fourth-order valence-corrected chi connectivity index (χ4v) is 3.95. The van der Waals surface area contributed by atoms with Crippen molar-refractivity contribution in [3.63, 3.8) is 0 Å². The highest BCUT2D eigenvalue weighted by Crippen LogP contribution is 2.54. The van der Waals surface area contributed by atoms with Crippen molar-refractivity contribution in [1.82, 2.24) is 0 Å². The first-order valence-electron chi connectivity index (χ1n) is 5.36. The molecule has 0 spiro atoms. The molecule has 0 aromatic heterocycles. The van der Waals surface area contributed by atoms with Crippen LogP contribution in [0.4, 0.5) is 0 Å². The van der Waals surface area contributed by atoms with Crippen molar-refractivity contribution in [1.29, 1.82) is 0 Å². The van der Waals surface area contributed by atoms with Crippen molar-refractivity contribution < 1.29 is 4.79 Å². The van der Waals surface area contributed by atoms with E-state index in [0.29, 0.717) is 5.78 Å². The van der Waals surface area contributed by atoms with Crippen molar-refractivity contribution >= 4 is 5.78 Å². The van der Waals surface area contributed by atoms with Gasteiger partial charge in [0.25, 0.3) is 0 Å². The molecule has 12 heavy (non-hydrogen) atoms. The van der Waals surface area contributed by atoms with Crippen LogP contribution in [0.1, 0.15) is 38.5 Å². The van der Waals surface area contributed by atoms with Crippen molar-refractivity contribution in [2.45, 2.75) is 38.5 Å². The van der Waals surface area contributed by atoms with Crippen LogP contribution in [0.25, 0.3) is 0 Å². The predicted molar refractivity (Wildman–Crippen MR) is 46.7 cm³/mol. The van der Waals surface area contributed by atoms with E-state index in [1.165, 1.54) is 25.7 Å². The summed E-state index contributed by atoms with van der Waals surface area (Å²) in [5.74, 6) is 4.08. The Labute approximate surface area is 73.5 Å². The molecule has 0 amide bonds. The molecule has 4 aliphatic rings. The molecule has 0 saturated heterocycles. The lowest BCUT2D eigenvalue weighted by Crippen LogP contribution is -2.36. The summed E-state index contributed by atoms with van der Waals surface area (Å²) < 4.78 is 0. The minimum atomic E-state index is 0.559. The quantitative estimate of drug-likeness (QED) is 0.537. The Hall–Kier alpha value is -0.330. The van der Waals surface area contributed by atoms with Crippen LogP contribution in [0.15, 0.2) is 0 Å². The SMILES string of the molecule is O=C1CC2C3CCC(CC3)C2C1. The first-order valence-corrected chi connectivity index (χ1v) is 5.36. The average Bonchev–Trinajstić information content (AvgIpc) is 2.49. The number of hydrogen-bond donors (Lipinski definition) is 0. The number of Topliss-reactive ketones (excluding diaryl/α,β-unsaturated/α-hetero) is 1. The predicted octanol–water partition coefficient (Wildman–Crippen LogP) is 2.40. The van der Waals surface area contributed by atoms with Gasteiger partial charge in [-0.3, -0.25) is 4.79 Å². The average molecular weight is 164 g/mol. The zero-order valence-corrected chi connectivity index (χ0v) is 7.46. The van der Waals surface area contributed by atoms with Gasteiger partial charge >= 0.3 is 0 Å². The van der Waals surface area contributed by atoms with E-state index in [9.17, 15) is 4.79 Å². The molecule has 1 heteroatoms. The lowest BCUT2D eigenvalue weighted by molar-refractivity contribution is -0.117. The molecule has 2 atom stereocenters. The Morgan fingerprint density at radius 2 is 1.25 bits per heavy atom. The summed E-state index contributed by atoms with van der Waals surface area (Å²) in [7, 11) is 0. The monoisotopic (exact) mass is 164 g/mol. The normalized spacial score (nSPS) is 51.2. The molecule has 2 unspecified atom stereocenters. The van der Waals surface area contributed by atoms with E-state index in [4.69, 9.17) is 0 Å². The molecule has 4 saturated carbocycles. The summed E-state index contributed by atoms with van der Waals surface area (Å²) in [5, 5.41) is 0. The smallest absolute Gasteiger partial charge is 0.133 e. The standard InChI is InChI=1S/C11H16O/c12-9-5-10-7-1-2-8(4-3-7)11(10)6-9/h7-8,10-11H,1-6H2. The van der Waals surface area contributed by atoms with Gasteiger partial charge in [0.15, 0.2) is 0 Å². The van der Waals surface area contributed by atoms with E-state index in [2.05, 4.69) is 0 Å². The van der Waals surface area contributed by atoms with Crippen LogP contribution in [0.3, 0.4) is 0 Å². The van der Waals surface area contributed by atoms with Gasteiger partial charge in [0.2, 0.25) is 0 Å². The topological polar surface area (TPSA) is 17.1 Å². The summed E-state index contributed by atoms with van der Waals surface area (Å²) in [6.07, 6.45) is 7.59. The molecule has 2 bridgehead atoms. The molecule has 0 N–H and O–H groups in total. The van der Waals surface area contributed by atoms with Crippen molar-refractivity contribution in [3.05, 3.63) is 0 Å². The van der Waals surface area contributed by atoms with E-state index >= 15 is 0 Å². The van der Waals surface area contributed by atoms with E-state index in [1.807, 2.05) is 0 Å². The van der Waals surface area contributed by atoms with Gasteiger partial charge in [-0.15, -0.1) is 0 Å². The Morgan fingerprint density at radius 1 is 0.833 bits per heavy atom. The minimum Gasteiger partial charge on any atom is -0.300 e. The van der Waals surface area contributed by atoms with Gasteiger partial charge in [0.1, 0.15) is 5.78 Å². The van der Waals surface area contributed by atoms with E-state index in [1.54, 1.807) is 0 Å². The number of rotatable bonds is 0. The molecule has 4 aliphatic carbocycles. The number of hydrogen-bond acceptors (Lipinski definition) is 1. The Balaban J connectivity index is 1.90. The third kappa shape index (κ3) is 0.826. The van der Waals surface area contributed by atoms with Crippen LogP contribution >= 0.6 is 0 Å². The highest BCUT2D eigenvalue weighted by atomic mass is 16.1. The van der Waals surface area contributed by atoms with E-state index in [-0.39, 0.29) is 0 Å².